The van der Waals surface area contributed by atoms with E-state index in [1.54, 1.807) is 12.4 Å². The summed E-state index contributed by atoms with van der Waals surface area (Å²) in [6, 6.07) is 0. The lowest BCUT2D eigenvalue weighted by molar-refractivity contribution is 1.00. The van der Waals surface area contributed by atoms with Crippen molar-refractivity contribution in [3.63, 3.8) is 0 Å². The number of nitrogens with zero attached hydrogens (tertiary/aromatic N) is 3. The Labute approximate surface area is 84.0 Å². The molecule has 0 atom stereocenters. The molecule has 0 unspecified atom stereocenters. The fraction of sp³-hybridized carbons (Fsp3) is 0.333. The van der Waals surface area contributed by atoms with E-state index in [4.69, 9.17) is 5.73 Å². The van der Waals surface area contributed by atoms with Crippen LogP contribution in [0, 0.1) is 0 Å². The lowest BCUT2D eigenvalue weighted by Gasteiger charge is -2.07. The average molecular weight is 211 g/mol. The molecule has 4 nitrogen and oxygen atoms in total. The highest BCUT2D eigenvalue weighted by Crippen LogP contribution is 2.02. The molecule has 0 aromatic carbocycles. The van der Waals surface area contributed by atoms with Crippen molar-refractivity contribution in [2.45, 2.75) is 0 Å². The van der Waals surface area contributed by atoms with E-state index in [1.807, 2.05) is 19.0 Å². The number of halogens is 2. The summed E-state index contributed by atoms with van der Waals surface area (Å²) in [7, 11) is 3.76. The molecule has 0 bridgehead atoms. The monoisotopic (exact) mass is 210 g/mol. The molecular weight excluding hydrogens is 199 g/mol. The van der Waals surface area contributed by atoms with Gasteiger partial charge in [-0.25, -0.2) is 9.97 Å². The number of rotatable bonds is 1. The lowest BCUT2D eigenvalue weighted by atomic mass is 10.6. The molecule has 0 aliphatic heterocycles. The Morgan fingerprint density at radius 3 is 1.92 bits per heavy atom. The molecule has 12 heavy (non-hydrogen) atoms. The number of aromatic nitrogens is 2. The summed E-state index contributed by atoms with van der Waals surface area (Å²) in [6.45, 7) is 0. The first-order chi connectivity index (χ1) is 4.70. The second-order valence-electron chi connectivity index (χ2n) is 2.21. The van der Waals surface area contributed by atoms with Gasteiger partial charge in [0.25, 0.3) is 0 Å². The molecule has 1 rings (SSSR count). The number of nitrogen functional groups attached to an aromatic ring is 1. The van der Waals surface area contributed by atoms with Gasteiger partial charge in [0.15, 0.2) is 0 Å². The van der Waals surface area contributed by atoms with Crippen LogP contribution in [0.4, 0.5) is 11.6 Å². The van der Waals surface area contributed by atoms with Crippen molar-refractivity contribution in [1.29, 1.82) is 0 Å². The van der Waals surface area contributed by atoms with Gasteiger partial charge in [0.1, 0.15) is 0 Å². The number of hydrogen-bond donors (Lipinski definition) is 1. The van der Waals surface area contributed by atoms with Crippen molar-refractivity contribution in [2.24, 2.45) is 0 Å². The topological polar surface area (TPSA) is 55.0 Å². The number of anilines is 2. The van der Waals surface area contributed by atoms with Gasteiger partial charge in [0.05, 0.1) is 18.1 Å². The first kappa shape index (κ1) is 13.8. The Hall–Kier alpha value is -0.740. The zero-order valence-electron chi connectivity index (χ0n) is 6.89. The van der Waals surface area contributed by atoms with Gasteiger partial charge in [-0.1, -0.05) is 0 Å². The molecule has 70 valence electrons. The van der Waals surface area contributed by atoms with E-state index in [9.17, 15) is 0 Å². The molecule has 0 saturated heterocycles. The predicted molar refractivity (Wildman–Crippen MR) is 55.3 cm³/mol. The zero-order chi connectivity index (χ0) is 7.56. The van der Waals surface area contributed by atoms with Crippen LogP contribution in [-0.4, -0.2) is 24.1 Å². The van der Waals surface area contributed by atoms with Crippen molar-refractivity contribution >= 4 is 36.4 Å². The molecule has 1 aromatic rings. The van der Waals surface area contributed by atoms with Crippen molar-refractivity contribution in [2.75, 3.05) is 24.7 Å². The van der Waals surface area contributed by atoms with Gasteiger partial charge >= 0.3 is 0 Å². The zero-order valence-corrected chi connectivity index (χ0v) is 8.52. The summed E-state index contributed by atoms with van der Waals surface area (Å²) >= 11 is 0. The van der Waals surface area contributed by atoms with Gasteiger partial charge in [-0.3, -0.25) is 0 Å². The van der Waals surface area contributed by atoms with Crippen molar-refractivity contribution in [3.05, 3.63) is 12.4 Å². The molecule has 0 amide bonds. The van der Waals surface area contributed by atoms with Gasteiger partial charge in [-0.05, 0) is 0 Å². The number of hydrogen-bond acceptors (Lipinski definition) is 4. The molecule has 6 heteroatoms. The fourth-order valence-corrected chi connectivity index (χ4v) is 0.562. The van der Waals surface area contributed by atoms with Crippen LogP contribution >= 0.6 is 24.8 Å². The van der Waals surface area contributed by atoms with Gasteiger partial charge in [-0.15, -0.1) is 24.8 Å². The van der Waals surface area contributed by atoms with E-state index in [0.29, 0.717) is 11.6 Å². The Bertz CT molecular complexity index is 211. The summed E-state index contributed by atoms with van der Waals surface area (Å²) < 4.78 is 0. The highest BCUT2D eigenvalue weighted by molar-refractivity contribution is 5.85. The standard InChI is InChI=1S/C6H10N4.2ClH/c1-10(2)6-8-3-5(7)4-9-6;;/h3-4H,7H2,1-2H3;2*1H. The van der Waals surface area contributed by atoms with Crippen LogP contribution in [0.1, 0.15) is 0 Å². The smallest absolute Gasteiger partial charge is 0.224 e. The van der Waals surface area contributed by atoms with E-state index in [1.165, 1.54) is 0 Å². The van der Waals surface area contributed by atoms with E-state index < -0.39 is 0 Å². The van der Waals surface area contributed by atoms with Gasteiger partial charge in [0.2, 0.25) is 5.95 Å². The minimum absolute atomic E-state index is 0. The largest absolute Gasteiger partial charge is 0.396 e. The third-order valence-electron chi connectivity index (χ3n) is 1.06. The van der Waals surface area contributed by atoms with Gasteiger partial charge < -0.3 is 10.6 Å². The second-order valence-corrected chi connectivity index (χ2v) is 2.21. The lowest BCUT2D eigenvalue weighted by Crippen LogP contribution is -2.12. The molecule has 2 N–H and O–H groups in total. The fourth-order valence-electron chi connectivity index (χ4n) is 0.562. The predicted octanol–water partition coefficient (Wildman–Crippen LogP) is 0.968. The highest BCUT2D eigenvalue weighted by atomic mass is 35.5. The normalized spacial score (nSPS) is 7.83. The molecule has 1 heterocycles. The van der Waals surface area contributed by atoms with Crippen LogP contribution in [0.15, 0.2) is 12.4 Å². The SMILES string of the molecule is CN(C)c1ncc(N)cn1.Cl.Cl. The van der Waals surface area contributed by atoms with Crippen molar-refractivity contribution in [1.82, 2.24) is 9.97 Å². The molecular formula is C6H12Cl2N4. The summed E-state index contributed by atoms with van der Waals surface area (Å²) in [5.41, 5.74) is 5.97. The van der Waals surface area contributed by atoms with Crippen LogP contribution < -0.4 is 10.6 Å². The van der Waals surface area contributed by atoms with E-state index >= 15 is 0 Å². The van der Waals surface area contributed by atoms with Crippen LogP contribution in [0.25, 0.3) is 0 Å². The molecule has 1 aromatic heterocycles. The molecule has 0 fully saturated rings. The first-order valence-electron chi connectivity index (χ1n) is 2.95. The highest BCUT2D eigenvalue weighted by Gasteiger charge is 1.94. The molecule has 0 aliphatic carbocycles. The number of nitrogens with two attached hydrogens (primary N) is 1. The van der Waals surface area contributed by atoms with Crippen molar-refractivity contribution < 1.29 is 0 Å². The van der Waals surface area contributed by atoms with E-state index in [2.05, 4.69) is 9.97 Å². The minimum atomic E-state index is 0. The first-order valence-corrected chi connectivity index (χ1v) is 2.95. The van der Waals surface area contributed by atoms with E-state index in [-0.39, 0.29) is 24.8 Å². The maximum Gasteiger partial charge on any atom is 0.224 e. The van der Waals surface area contributed by atoms with E-state index in [0.717, 1.165) is 0 Å². The molecule has 0 radical (unpaired) electrons. The third kappa shape index (κ3) is 3.59. The summed E-state index contributed by atoms with van der Waals surface area (Å²) in [6.07, 6.45) is 3.17. The molecule has 0 spiro atoms. The Kier molecular flexibility index (Phi) is 6.74. The third-order valence-corrected chi connectivity index (χ3v) is 1.06. The summed E-state index contributed by atoms with van der Waals surface area (Å²) in [4.78, 5) is 9.75. The Morgan fingerprint density at radius 2 is 1.58 bits per heavy atom. The quantitative estimate of drug-likeness (QED) is 0.751. The maximum atomic E-state index is 5.38. The Morgan fingerprint density at radius 1 is 1.17 bits per heavy atom. The van der Waals surface area contributed by atoms with Crippen LogP contribution in [-0.2, 0) is 0 Å². The minimum Gasteiger partial charge on any atom is -0.396 e. The molecule has 0 aliphatic rings. The van der Waals surface area contributed by atoms with Gasteiger partial charge in [-0.2, -0.15) is 0 Å². The van der Waals surface area contributed by atoms with Crippen molar-refractivity contribution in [3.8, 4) is 0 Å². The average Bonchev–Trinajstić information content (AvgIpc) is 1.88. The summed E-state index contributed by atoms with van der Waals surface area (Å²) in [5, 5.41) is 0. The van der Waals surface area contributed by atoms with Gasteiger partial charge in [0, 0.05) is 14.1 Å². The summed E-state index contributed by atoms with van der Waals surface area (Å²) in [5.74, 6) is 0.675. The Balaban J connectivity index is 0. The van der Waals surface area contributed by atoms with Crippen LogP contribution in [0.2, 0.25) is 0 Å². The second kappa shape index (κ2) is 5.85. The van der Waals surface area contributed by atoms with Crippen LogP contribution in [0.3, 0.4) is 0 Å². The van der Waals surface area contributed by atoms with Crippen LogP contribution in [0.5, 0.6) is 0 Å². The molecule has 0 saturated carbocycles. The maximum absolute atomic E-state index is 5.38.